The molecule has 2 nitrogen and oxygen atoms in total. The first-order chi connectivity index (χ1) is 7.92. The number of unbranched alkanes of at least 4 members (excludes halogenated alkanes) is 1. The third-order valence-corrected chi connectivity index (χ3v) is 2.69. The van der Waals surface area contributed by atoms with Crippen LogP contribution in [-0.4, -0.2) is 26.4 Å². The second-order valence-corrected chi connectivity index (χ2v) is 6.43. The van der Waals surface area contributed by atoms with Gasteiger partial charge in [0.25, 0.3) is 0 Å². The average molecular weight is 244 g/mol. The summed E-state index contributed by atoms with van der Waals surface area (Å²) in [6.07, 6.45) is 4.88. The van der Waals surface area contributed by atoms with E-state index in [9.17, 15) is 0 Å². The summed E-state index contributed by atoms with van der Waals surface area (Å²) in [7, 11) is 0. The van der Waals surface area contributed by atoms with Crippen molar-refractivity contribution in [2.75, 3.05) is 26.4 Å². The van der Waals surface area contributed by atoms with E-state index in [2.05, 4.69) is 34.6 Å². The van der Waals surface area contributed by atoms with Gasteiger partial charge in [0.1, 0.15) is 0 Å². The smallest absolute Gasteiger partial charge is 0.0700 e. The van der Waals surface area contributed by atoms with Gasteiger partial charge >= 0.3 is 0 Å². The molecule has 0 saturated carbocycles. The molecule has 0 radical (unpaired) electrons. The summed E-state index contributed by atoms with van der Waals surface area (Å²) in [4.78, 5) is 0. The van der Waals surface area contributed by atoms with Gasteiger partial charge < -0.3 is 9.47 Å². The molecular formula is C15H32O2. The Kier molecular flexibility index (Phi) is 9.85. The molecule has 0 aliphatic carbocycles. The maximum atomic E-state index is 5.53. The van der Waals surface area contributed by atoms with Crippen molar-refractivity contribution >= 4 is 0 Å². The van der Waals surface area contributed by atoms with E-state index in [0.717, 1.165) is 38.8 Å². The minimum atomic E-state index is 0.373. The van der Waals surface area contributed by atoms with Gasteiger partial charge in [0.15, 0.2) is 0 Å². The molecule has 0 aliphatic rings. The van der Waals surface area contributed by atoms with Crippen LogP contribution in [0, 0.1) is 11.3 Å². The quantitative estimate of drug-likeness (QED) is 0.534. The highest BCUT2D eigenvalue weighted by molar-refractivity contribution is 4.59. The summed E-state index contributed by atoms with van der Waals surface area (Å²) in [5.74, 6) is 0.815. The van der Waals surface area contributed by atoms with Gasteiger partial charge in [-0.05, 0) is 24.2 Å². The van der Waals surface area contributed by atoms with Crippen molar-refractivity contribution in [1.29, 1.82) is 0 Å². The van der Waals surface area contributed by atoms with Crippen molar-refractivity contribution in [3.05, 3.63) is 0 Å². The number of hydrogen-bond acceptors (Lipinski definition) is 2. The van der Waals surface area contributed by atoms with Gasteiger partial charge in [-0.1, -0.05) is 47.5 Å². The van der Waals surface area contributed by atoms with Crippen molar-refractivity contribution in [3.8, 4) is 0 Å². The molecule has 0 fully saturated rings. The SMILES string of the molecule is CC(C)CCCCOCCOCCC(C)(C)C. The third kappa shape index (κ3) is 15.9. The van der Waals surface area contributed by atoms with Crippen LogP contribution >= 0.6 is 0 Å². The molecule has 0 atom stereocenters. The van der Waals surface area contributed by atoms with Gasteiger partial charge in [-0.15, -0.1) is 0 Å². The Bertz CT molecular complexity index is 159. The van der Waals surface area contributed by atoms with E-state index in [1.807, 2.05) is 0 Å². The van der Waals surface area contributed by atoms with Crippen LogP contribution < -0.4 is 0 Å². The third-order valence-electron chi connectivity index (χ3n) is 2.69. The highest BCUT2D eigenvalue weighted by atomic mass is 16.5. The lowest BCUT2D eigenvalue weighted by atomic mass is 9.93. The van der Waals surface area contributed by atoms with Crippen molar-refractivity contribution in [2.24, 2.45) is 11.3 Å². The van der Waals surface area contributed by atoms with Crippen LogP contribution in [0.15, 0.2) is 0 Å². The predicted molar refractivity (Wildman–Crippen MR) is 74.4 cm³/mol. The van der Waals surface area contributed by atoms with E-state index >= 15 is 0 Å². The molecule has 0 bridgehead atoms. The monoisotopic (exact) mass is 244 g/mol. The highest BCUT2D eigenvalue weighted by Gasteiger charge is 2.08. The normalized spacial score (nSPS) is 12.4. The van der Waals surface area contributed by atoms with Crippen LogP contribution in [-0.2, 0) is 9.47 Å². The Morgan fingerprint density at radius 1 is 0.824 bits per heavy atom. The maximum Gasteiger partial charge on any atom is 0.0700 e. The predicted octanol–water partition coefficient (Wildman–Crippen LogP) is 4.28. The number of rotatable bonds is 10. The fraction of sp³-hybridized carbons (Fsp3) is 1.00. The molecule has 0 amide bonds. The van der Waals surface area contributed by atoms with E-state index in [4.69, 9.17) is 9.47 Å². The molecule has 0 N–H and O–H groups in total. The summed E-state index contributed by atoms with van der Waals surface area (Å²) in [5.41, 5.74) is 0.373. The Morgan fingerprint density at radius 2 is 1.41 bits per heavy atom. The van der Waals surface area contributed by atoms with Crippen molar-refractivity contribution in [1.82, 2.24) is 0 Å². The van der Waals surface area contributed by atoms with Crippen LogP contribution in [0.2, 0.25) is 0 Å². The van der Waals surface area contributed by atoms with Crippen molar-refractivity contribution in [3.63, 3.8) is 0 Å². The molecular weight excluding hydrogens is 212 g/mol. The molecule has 17 heavy (non-hydrogen) atoms. The largest absolute Gasteiger partial charge is 0.379 e. The molecule has 0 aromatic heterocycles. The molecule has 0 spiro atoms. The van der Waals surface area contributed by atoms with Gasteiger partial charge in [0.2, 0.25) is 0 Å². The van der Waals surface area contributed by atoms with E-state index in [-0.39, 0.29) is 0 Å². The van der Waals surface area contributed by atoms with Gasteiger partial charge in [-0.3, -0.25) is 0 Å². The van der Waals surface area contributed by atoms with Gasteiger partial charge in [0, 0.05) is 13.2 Å². The van der Waals surface area contributed by atoms with Gasteiger partial charge in [-0.25, -0.2) is 0 Å². The molecule has 0 aromatic carbocycles. The molecule has 0 rings (SSSR count). The van der Waals surface area contributed by atoms with Crippen LogP contribution in [0.3, 0.4) is 0 Å². The van der Waals surface area contributed by atoms with Crippen molar-refractivity contribution < 1.29 is 9.47 Å². The molecule has 0 aliphatic heterocycles. The Balaban J connectivity index is 3.04. The van der Waals surface area contributed by atoms with E-state index in [1.165, 1.54) is 19.3 Å². The van der Waals surface area contributed by atoms with Crippen LogP contribution in [0.25, 0.3) is 0 Å². The molecule has 104 valence electrons. The van der Waals surface area contributed by atoms with E-state index in [0.29, 0.717) is 5.41 Å². The lowest BCUT2D eigenvalue weighted by molar-refractivity contribution is 0.0374. The molecule has 0 heterocycles. The first-order valence-electron chi connectivity index (χ1n) is 7.07. The van der Waals surface area contributed by atoms with Gasteiger partial charge in [0.05, 0.1) is 13.2 Å². The Morgan fingerprint density at radius 3 is 1.94 bits per heavy atom. The minimum Gasteiger partial charge on any atom is -0.379 e. The summed E-state index contributed by atoms with van der Waals surface area (Å²) in [5, 5.41) is 0. The van der Waals surface area contributed by atoms with Crippen molar-refractivity contribution in [2.45, 2.75) is 60.3 Å². The summed E-state index contributed by atoms with van der Waals surface area (Å²) in [6.45, 7) is 14.5. The second kappa shape index (κ2) is 9.90. The van der Waals surface area contributed by atoms with Crippen LogP contribution in [0.4, 0.5) is 0 Å². The molecule has 2 heteroatoms. The Labute approximate surface area is 108 Å². The summed E-state index contributed by atoms with van der Waals surface area (Å²) in [6, 6.07) is 0. The van der Waals surface area contributed by atoms with E-state index < -0.39 is 0 Å². The van der Waals surface area contributed by atoms with Gasteiger partial charge in [-0.2, -0.15) is 0 Å². The lowest BCUT2D eigenvalue weighted by Gasteiger charge is -2.17. The summed E-state index contributed by atoms with van der Waals surface area (Å²) < 4.78 is 11.1. The maximum absolute atomic E-state index is 5.53. The fourth-order valence-electron chi connectivity index (χ4n) is 1.46. The number of ether oxygens (including phenoxy) is 2. The second-order valence-electron chi connectivity index (χ2n) is 6.43. The summed E-state index contributed by atoms with van der Waals surface area (Å²) >= 11 is 0. The minimum absolute atomic E-state index is 0.373. The Hall–Kier alpha value is -0.0800. The molecule has 0 aromatic rings. The first-order valence-corrected chi connectivity index (χ1v) is 7.07. The number of hydrogen-bond donors (Lipinski definition) is 0. The zero-order valence-corrected chi connectivity index (χ0v) is 12.6. The zero-order chi connectivity index (χ0) is 13.1. The topological polar surface area (TPSA) is 18.5 Å². The highest BCUT2D eigenvalue weighted by Crippen LogP contribution is 2.17. The lowest BCUT2D eigenvalue weighted by Crippen LogP contribution is -2.12. The van der Waals surface area contributed by atoms with Crippen LogP contribution in [0.5, 0.6) is 0 Å². The van der Waals surface area contributed by atoms with Crippen LogP contribution in [0.1, 0.15) is 60.3 Å². The zero-order valence-electron chi connectivity index (χ0n) is 12.6. The standard InChI is InChI=1S/C15H32O2/c1-14(2)8-6-7-10-16-12-13-17-11-9-15(3,4)5/h14H,6-13H2,1-5H3. The fourth-order valence-corrected chi connectivity index (χ4v) is 1.46. The van der Waals surface area contributed by atoms with E-state index in [1.54, 1.807) is 0 Å². The molecule has 0 unspecified atom stereocenters. The molecule has 0 saturated heterocycles. The first kappa shape index (κ1) is 16.9. The average Bonchev–Trinajstić information content (AvgIpc) is 2.18.